The van der Waals surface area contributed by atoms with E-state index in [1.165, 1.54) is 0 Å². The molecule has 1 heterocycles. The van der Waals surface area contributed by atoms with Crippen LogP contribution in [0.3, 0.4) is 0 Å². The van der Waals surface area contributed by atoms with Crippen LogP contribution in [0.25, 0.3) is 22.6 Å². The van der Waals surface area contributed by atoms with Crippen LogP contribution in [0.2, 0.25) is 0 Å². The highest BCUT2D eigenvalue weighted by atomic mass is 32.2. The molecule has 0 saturated heterocycles. The van der Waals surface area contributed by atoms with E-state index < -0.39 is 11.9 Å². The molecule has 29 heavy (non-hydrogen) atoms. The van der Waals surface area contributed by atoms with Gasteiger partial charge in [0, 0.05) is 17.2 Å². The van der Waals surface area contributed by atoms with E-state index >= 15 is 0 Å². The molecule has 0 saturated carbocycles. The maximum absolute atomic E-state index is 12.1. The first-order valence-electron chi connectivity index (χ1n) is 9.41. The van der Waals surface area contributed by atoms with Crippen molar-refractivity contribution in [2.75, 3.05) is 5.75 Å². The van der Waals surface area contributed by atoms with Gasteiger partial charge >= 0.3 is 6.03 Å². The largest absolute Gasteiger partial charge is 0.431 e. The second kappa shape index (κ2) is 9.93. The Bertz CT molecular complexity index is 901. The standard InChI is InChI=1S/C22H23N3O3S/c1-3-15(2)23-21(27)24-18(26)14-29-22-25-19(16-10-6-4-7-11-16)20(28-22)17-12-8-5-9-13-17/h4-13,15H,3,14H2,1-2H3,(H2,23,24,26,27)/t15-/m1/s1. The fraction of sp³-hybridized carbons (Fsp3) is 0.227. The van der Waals surface area contributed by atoms with E-state index in [1.807, 2.05) is 74.5 Å². The number of amides is 3. The van der Waals surface area contributed by atoms with Crippen molar-refractivity contribution in [2.24, 2.45) is 0 Å². The van der Waals surface area contributed by atoms with Gasteiger partial charge in [-0.2, -0.15) is 0 Å². The smallest absolute Gasteiger partial charge is 0.321 e. The van der Waals surface area contributed by atoms with Crippen LogP contribution in [0.5, 0.6) is 0 Å². The number of carbonyl (C=O) groups is 2. The minimum absolute atomic E-state index is 0.00375. The molecule has 3 aromatic rings. The zero-order valence-electron chi connectivity index (χ0n) is 16.3. The molecule has 0 aliphatic heterocycles. The zero-order chi connectivity index (χ0) is 20.6. The molecule has 2 aromatic carbocycles. The SMILES string of the molecule is CC[C@@H](C)NC(=O)NC(=O)CSc1nc(-c2ccccc2)c(-c2ccccc2)o1. The molecule has 0 aliphatic carbocycles. The fourth-order valence-corrected chi connectivity index (χ4v) is 3.22. The van der Waals surface area contributed by atoms with E-state index in [0.717, 1.165) is 29.3 Å². The molecule has 0 unspecified atom stereocenters. The first-order chi connectivity index (χ1) is 14.1. The van der Waals surface area contributed by atoms with Gasteiger partial charge in [-0.05, 0) is 13.3 Å². The van der Waals surface area contributed by atoms with Crippen molar-refractivity contribution in [3.05, 3.63) is 60.7 Å². The highest BCUT2D eigenvalue weighted by Crippen LogP contribution is 2.35. The molecule has 7 heteroatoms. The van der Waals surface area contributed by atoms with Crippen molar-refractivity contribution in [1.82, 2.24) is 15.6 Å². The number of oxazole rings is 1. The van der Waals surface area contributed by atoms with Gasteiger partial charge in [0.25, 0.3) is 5.22 Å². The molecular weight excluding hydrogens is 386 g/mol. The number of benzene rings is 2. The summed E-state index contributed by atoms with van der Waals surface area (Å²) in [6.07, 6.45) is 0.789. The van der Waals surface area contributed by atoms with Crippen molar-refractivity contribution in [2.45, 2.75) is 31.5 Å². The Labute approximate surface area is 174 Å². The number of nitrogens with one attached hydrogen (secondary N) is 2. The average Bonchev–Trinajstić information content (AvgIpc) is 3.18. The van der Waals surface area contributed by atoms with E-state index in [0.29, 0.717) is 16.7 Å². The summed E-state index contributed by atoms with van der Waals surface area (Å²) in [5, 5.41) is 5.39. The Morgan fingerprint density at radius 3 is 2.28 bits per heavy atom. The zero-order valence-corrected chi connectivity index (χ0v) is 17.2. The van der Waals surface area contributed by atoms with E-state index in [1.54, 1.807) is 0 Å². The van der Waals surface area contributed by atoms with Gasteiger partial charge in [-0.25, -0.2) is 9.78 Å². The Hall–Kier alpha value is -3.06. The normalized spacial score (nSPS) is 11.7. The average molecular weight is 410 g/mol. The number of rotatable bonds is 7. The number of aromatic nitrogens is 1. The summed E-state index contributed by atoms with van der Waals surface area (Å²) in [4.78, 5) is 28.4. The summed E-state index contributed by atoms with van der Waals surface area (Å²) >= 11 is 1.15. The first-order valence-corrected chi connectivity index (χ1v) is 10.4. The molecule has 3 amide bonds. The highest BCUT2D eigenvalue weighted by molar-refractivity contribution is 7.99. The molecule has 2 N–H and O–H groups in total. The molecular formula is C22H23N3O3S. The molecule has 1 atom stereocenters. The third kappa shape index (κ3) is 5.71. The van der Waals surface area contributed by atoms with Crippen LogP contribution in [0.15, 0.2) is 70.3 Å². The van der Waals surface area contributed by atoms with Crippen molar-refractivity contribution in [3.63, 3.8) is 0 Å². The van der Waals surface area contributed by atoms with Crippen LogP contribution in [0.1, 0.15) is 20.3 Å². The van der Waals surface area contributed by atoms with Gasteiger partial charge in [-0.15, -0.1) is 0 Å². The second-order valence-corrected chi connectivity index (χ2v) is 7.44. The van der Waals surface area contributed by atoms with Gasteiger partial charge < -0.3 is 9.73 Å². The van der Waals surface area contributed by atoms with Crippen LogP contribution in [0, 0.1) is 0 Å². The lowest BCUT2D eigenvalue weighted by Gasteiger charge is -2.11. The first kappa shape index (κ1) is 20.7. The summed E-state index contributed by atoms with van der Waals surface area (Å²) in [6, 6.07) is 19.0. The lowest BCUT2D eigenvalue weighted by atomic mass is 10.1. The van der Waals surface area contributed by atoms with Gasteiger partial charge in [0.15, 0.2) is 5.76 Å². The van der Waals surface area contributed by atoms with Crippen LogP contribution in [0.4, 0.5) is 4.79 Å². The molecule has 6 nitrogen and oxygen atoms in total. The molecule has 3 rings (SSSR count). The highest BCUT2D eigenvalue weighted by Gasteiger charge is 2.18. The van der Waals surface area contributed by atoms with Crippen LogP contribution in [-0.4, -0.2) is 28.7 Å². The molecule has 0 aliphatic rings. The van der Waals surface area contributed by atoms with Crippen molar-refractivity contribution in [1.29, 1.82) is 0 Å². The molecule has 1 aromatic heterocycles. The molecule has 0 fully saturated rings. The van der Waals surface area contributed by atoms with Crippen molar-refractivity contribution in [3.8, 4) is 22.6 Å². The third-order valence-electron chi connectivity index (χ3n) is 4.26. The monoisotopic (exact) mass is 409 g/mol. The number of imide groups is 1. The third-order valence-corrected chi connectivity index (χ3v) is 5.09. The fourth-order valence-electron chi connectivity index (χ4n) is 2.59. The number of thioether (sulfide) groups is 1. The molecule has 150 valence electrons. The Morgan fingerprint density at radius 2 is 1.66 bits per heavy atom. The lowest BCUT2D eigenvalue weighted by molar-refractivity contribution is -0.117. The summed E-state index contributed by atoms with van der Waals surface area (Å²) < 4.78 is 5.96. The van der Waals surface area contributed by atoms with Crippen LogP contribution in [-0.2, 0) is 4.79 Å². The predicted octanol–water partition coefficient (Wildman–Crippen LogP) is 4.73. The minimum atomic E-state index is -0.493. The van der Waals surface area contributed by atoms with Gasteiger partial charge in [0.05, 0.1) is 5.75 Å². The van der Waals surface area contributed by atoms with E-state index in [4.69, 9.17) is 4.42 Å². The topological polar surface area (TPSA) is 84.2 Å². The lowest BCUT2D eigenvalue weighted by Crippen LogP contribution is -2.43. The van der Waals surface area contributed by atoms with Gasteiger partial charge in [0.1, 0.15) is 5.69 Å². The van der Waals surface area contributed by atoms with E-state index in [-0.39, 0.29) is 11.8 Å². The number of nitrogens with zero attached hydrogens (tertiary/aromatic N) is 1. The van der Waals surface area contributed by atoms with Crippen LogP contribution >= 0.6 is 11.8 Å². The Kier molecular flexibility index (Phi) is 7.08. The van der Waals surface area contributed by atoms with Crippen molar-refractivity contribution < 1.29 is 14.0 Å². The predicted molar refractivity (Wildman–Crippen MR) is 115 cm³/mol. The maximum atomic E-state index is 12.1. The van der Waals surface area contributed by atoms with Gasteiger partial charge in [-0.3, -0.25) is 10.1 Å². The summed E-state index contributed by atoms with van der Waals surface area (Å²) in [7, 11) is 0. The Balaban J connectivity index is 1.73. The Morgan fingerprint density at radius 1 is 1.03 bits per heavy atom. The summed E-state index contributed by atoms with van der Waals surface area (Å²) in [6.45, 7) is 3.83. The minimum Gasteiger partial charge on any atom is -0.431 e. The summed E-state index contributed by atoms with van der Waals surface area (Å²) in [5.41, 5.74) is 2.55. The van der Waals surface area contributed by atoms with Crippen molar-refractivity contribution >= 4 is 23.7 Å². The molecule has 0 radical (unpaired) electrons. The quantitative estimate of drug-likeness (QED) is 0.552. The van der Waals surface area contributed by atoms with Gasteiger partial charge in [-0.1, -0.05) is 79.3 Å². The van der Waals surface area contributed by atoms with E-state index in [9.17, 15) is 9.59 Å². The number of hydrogen-bond acceptors (Lipinski definition) is 5. The molecule has 0 bridgehead atoms. The molecule has 0 spiro atoms. The number of urea groups is 1. The van der Waals surface area contributed by atoms with E-state index in [2.05, 4.69) is 15.6 Å². The summed E-state index contributed by atoms with van der Waals surface area (Å²) in [5.74, 6) is 0.266. The number of hydrogen-bond donors (Lipinski definition) is 2. The second-order valence-electron chi connectivity index (χ2n) is 6.51. The van der Waals surface area contributed by atoms with Gasteiger partial charge in [0.2, 0.25) is 5.91 Å². The van der Waals surface area contributed by atoms with Crippen LogP contribution < -0.4 is 10.6 Å². The number of carbonyl (C=O) groups excluding carboxylic acids is 2. The maximum Gasteiger partial charge on any atom is 0.321 e.